The lowest BCUT2D eigenvalue weighted by Crippen LogP contribution is -2.10. The number of aromatic hydroxyl groups is 2. The molecule has 0 aromatic heterocycles. The Kier molecular flexibility index (Phi) is 2.55. The molecule has 12 heavy (non-hydrogen) atoms. The molecule has 0 aliphatic rings. The highest BCUT2D eigenvalue weighted by molar-refractivity contribution is 5.44. The van der Waals surface area contributed by atoms with Crippen molar-refractivity contribution < 1.29 is 10.2 Å². The monoisotopic (exact) mass is 167 g/mol. The quantitative estimate of drug-likeness (QED) is 0.649. The van der Waals surface area contributed by atoms with Gasteiger partial charge in [-0.15, -0.1) is 0 Å². The van der Waals surface area contributed by atoms with Crippen LogP contribution >= 0.6 is 0 Å². The van der Waals surface area contributed by atoms with Crippen LogP contribution in [0.2, 0.25) is 0 Å². The van der Waals surface area contributed by atoms with Crippen LogP contribution < -0.4 is 0 Å². The largest absolute Gasteiger partial charge is 0.504 e. The van der Waals surface area contributed by atoms with Gasteiger partial charge in [-0.05, 0) is 20.2 Å². The first-order valence-corrected chi connectivity index (χ1v) is 3.76. The second-order valence-electron chi connectivity index (χ2n) is 3.02. The van der Waals surface area contributed by atoms with Gasteiger partial charge >= 0.3 is 0 Å². The SMILES string of the molecule is CN(C)Cc1cccc(O)c1O. The molecule has 0 saturated carbocycles. The average molecular weight is 167 g/mol. The molecule has 1 aromatic carbocycles. The summed E-state index contributed by atoms with van der Waals surface area (Å²) in [6.07, 6.45) is 0. The van der Waals surface area contributed by atoms with Gasteiger partial charge in [0, 0.05) is 12.1 Å². The van der Waals surface area contributed by atoms with Crippen LogP contribution in [0.5, 0.6) is 11.5 Å². The molecule has 2 N–H and O–H groups in total. The van der Waals surface area contributed by atoms with Crippen LogP contribution in [0.3, 0.4) is 0 Å². The molecule has 0 unspecified atom stereocenters. The number of hydrogen-bond donors (Lipinski definition) is 2. The predicted molar refractivity (Wildman–Crippen MR) is 47.2 cm³/mol. The molecule has 3 nitrogen and oxygen atoms in total. The van der Waals surface area contributed by atoms with Gasteiger partial charge in [-0.25, -0.2) is 0 Å². The minimum absolute atomic E-state index is 0.0220. The summed E-state index contributed by atoms with van der Waals surface area (Å²) < 4.78 is 0. The lowest BCUT2D eigenvalue weighted by Gasteiger charge is -2.11. The van der Waals surface area contributed by atoms with Crippen molar-refractivity contribution in [3.63, 3.8) is 0 Å². The number of benzene rings is 1. The molecule has 0 atom stereocenters. The summed E-state index contributed by atoms with van der Waals surface area (Å²) in [7, 11) is 3.81. The van der Waals surface area contributed by atoms with E-state index in [1.807, 2.05) is 19.0 Å². The Labute approximate surface area is 71.9 Å². The summed E-state index contributed by atoms with van der Waals surface area (Å²) in [5.41, 5.74) is 0.736. The Morgan fingerprint density at radius 1 is 1.25 bits per heavy atom. The maximum Gasteiger partial charge on any atom is 0.161 e. The van der Waals surface area contributed by atoms with E-state index in [0.29, 0.717) is 6.54 Å². The van der Waals surface area contributed by atoms with Gasteiger partial charge in [0.15, 0.2) is 11.5 Å². The molecule has 0 radical (unpaired) electrons. The van der Waals surface area contributed by atoms with Crippen molar-refractivity contribution in [1.29, 1.82) is 0 Å². The van der Waals surface area contributed by atoms with E-state index in [4.69, 9.17) is 5.11 Å². The van der Waals surface area contributed by atoms with E-state index in [1.54, 1.807) is 12.1 Å². The van der Waals surface area contributed by atoms with Crippen molar-refractivity contribution in [3.8, 4) is 11.5 Å². The van der Waals surface area contributed by atoms with Crippen molar-refractivity contribution in [1.82, 2.24) is 4.90 Å². The lowest BCUT2D eigenvalue weighted by atomic mass is 10.2. The molecular formula is C9H13NO2. The van der Waals surface area contributed by atoms with E-state index >= 15 is 0 Å². The predicted octanol–water partition coefficient (Wildman–Crippen LogP) is 1.16. The van der Waals surface area contributed by atoms with E-state index < -0.39 is 0 Å². The fraction of sp³-hybridized carbons (Fsp3) is 0.333. The highest BCUT2D eigenvalue weighted by Crippen LogP contribution is 2.28. The van der Waals surface area contributed by atoms with Crippen molar-refractivity contribution in [2.45, 2.75) is 6.54 Å². The maximum absolute atomic E-state index is 9.37. The summed E-state index contributed by atoms with van der Waals surface area (Å²) >= 11 is 0. The Morgan fingerprint density at radius 2 is 1.92 bits per heavy atom. The number of phenolic OH excluding ortho intramolecular Hbond substituents is 2. The van der Waals surface area contributed by atoms with Crippen LogP contribution in [0.1, 0.15) is 5.56 Å². The van der Waals surface area contributed by atoms with Gasteiger partial charge in [-0.2, -0.15) is 0 Å². The van der Waals surface area contributed by atoms with E-state index in [0.717, 1.165) is 5.56 Å². The zero-order valence-corrected chi connectivity index (χ0v) is 7.28. The third-order valence-electron chi connectivity index (χ3n) is 1.58. The summed E-state index contributed by atoms with van der Waals surface area (Å²) in [6, 6.07) is 4.97. The molecule has 1 aromatic rings. The number of rotatable bonds is 2. The Bertz CT molecular complexity index is 271. The van der Waals surface area contributed by atoms with Crippen LogP contribution in [0.25, 0.3) is 0 Å². The minimum atomic E-state index is -0.0608. The van der Waals surface area contributed by atoms with Gasteiger partial charge in [-0.3, -0.25) is 0 Å². The second-order valence-corrected chi connectivity index (χ2v) is 3.02. The van der Waals surface area contributed by atoms with Crippen LogP contribution in [0.4, 0.5) is 0 Å². The van der Waals surface area contributed by atoms with Crippen molar-refractivity contribution in [2.75, 3.05) is 14.1 Å². The van der Waals surface area contributed by atoms with Crippen molar-refractivity contribution in [3.05, 3.63) is 23.8 Å². The Morgan fingerprint density at radius 3 is 2.50 bits per heavy atom. The van der Waals surface area contributed by atoms with Crippen LogP contribution in [-0.4, -0.2) is 29.2 Å². The normalized spacial score (nSPS) is 10.6. The van der Waals surface area contributed by atoms with Gasteiger partial charge in [0.25, 0.3) is 0 Å². The second kappa shape index (κ2) is 3.45. The van der Waals surface area contributed by atoms with E-state index in [-0.39, 0.29) is 11.5 Å². The molecule has 3 heteroatoms. The molecular weight excluding hydrogens is 154 g/mol. The molecule has 0 amide bonds. The summed E-state index contributed by atoms with van der Waals surface area (Å²) in [4.78, 5) is 1.93. The molecule has 0 heterocycles. The van der Waals surface area contributed by atoms with E-state index in [2.05, 4.69) is 0 Å². The summed E-state index contributed by atoms with van der Waals surface area (Å²) in [6.45, 7) is 0.625. The topological polar surface area (TPSA) is 43.7 Å². The molecule has 0 aliphatic heterocycles. The molecule has 1 rings (SSSR count). The van der Waals surface area contributed by atoms with Gasteiger partial charge < -0.3 is 15.1 Å². The molecule has 0 fully saturated rings. The van der Waals surface area contributed by atoms with Gasteiger partial charge in [-0.1, -0.05) is 12.1 Å². The summed E-state index contributed by atoms with van der Waals surface area (Å²) in [5.74, 6) is -0.0828. The lowest BCUT2D eigenvalue weighted by molar-refractivity contribution is 0.368. The summed E-state index contributed by atoms with van der Waals surface area (Å²) in [5, 5.41) is 18.5. The smallest absolute Gasteiger partial charge is 0.161 e. The zero-order chi connectivity index (χ0) is 9.14. The first kappa shape index (κ1) is 8.87. The fourth-order valence-corrected chi connectivity index (χ4v) is 1.05. The molecule has 0 bridgehead atoms. The fourth-order valence-electron chi connectivity index (χ4n) is 1.05. The number of para-hydroxylation sites is 1. The molecule has 66 valence electrons. The number of hydrogen-bond acceptors (Lipinski definition) is 3. The number of nitrogens with zero attached hydrogens (tertiary/aromatic N) is 1. The molecule has 0 spiro atoms. The maximum atomic E-state index is 9.37. The Hall–Kier alpha value is -1.22. The molecule has 0 aliphatic carbocycles. The van der Waals surface area contributed by atoms with E-state index in [1.165, 1.54) is 6.07 Å². The zero-order valence-electron chi connectivity index (χ0n) is 7.28. The van der Waals surface area contributed by atoms with E-state index in [9.17, 15) is 5.11 Å². The standard InChI is InChI=1S/C9H13NO2/c1-10(2)6-7-4-3-5-8(11)9(7)12/h3-5,11-12H,6H2,1-2H3. The highest BCUT2D eigenvalue weighted by atomic mass is 16.3. The van der Waals surface area contributed by atoms with Gasteiger partial charge in [0.2, 0.25) is 0 Å². The van der Waals surface area contributed by atoms with Gasteiger partial charge in [0.1, 0.15) is 0 Å². The van der Waals surface area contributed by atoms with Crippen molar-refractivity contribution >= 4 is 0 Å². The highest BCUT2D eigenvalue weighted by Gasteiger charge is 2.05. The van der Waals surface area contributed by atoms with Crippen LogP contribution in [0.15, 0.2) is 18.2 Å². The first-order valence-electron chi connectivity index (χ1n) is 3.76. The third kappa shape index (κ3) is 1.89. The molecule has 0 saturated heterocycles. The number of phenols is 2. The van der Waals surface area contributed by atoms with Crippen molar-refractivity contribution in [2.24, 2.45) is 0 Å². The van der Waals surface area contributed by atoms with Gasteiger partial charge in [0.05, 0.1) is 0 Å². The first-order chi connectivity index (χ1) is 5.61. The minimum Gasteiger partial charge on any atom is -0.504 e. The third-order valence-corrected chi connectivity index (χ3v) is 1.58. The van der Waals surface area contributed by atoms with Crippen LogP contribution in [0, 0.1) is 0 Å². The average Bonchev–Trinajstić information content (AvgIpc) is 1.98. The van der Waals surface area contributed by atoms with Crippen LogP contribution in [-0.2, 0) is 6.54 Å². The Balaban J connectivity index is 2.92.